The molecular weight excluding hydrogens is 204 g/mol. The average molecular weight is 221 g/mol. The zero-order chi connectivity index (χ0) is 11.3. The van der Waals surface area contributed by atoms with Crippen LogP contribution < -0.4 is 0 Å². The molecule has 0 aromatic heterocycles. The third-order valence-electron chi connectivity index (χ3n) is 2.80. The highest BCUT2D eigenvalue weighted by atomic mass is 19.3. The predicted octanol–water partition coefficient (Wildman–Crippen LogP) is 1.83. The third-order valence-corrected chi connectivity index (χ3v) is 2.80. The van der Waals surface area contributed by atoms with Crippen molar-refractivity contribution in [1.29, 1.82) is 0 Å². The molecule has 0 saturated carbocycles. The molecule has 1 aliphatic heterocycles. The average Bonchev–Trinajstić information content (AvgIpc) is 2.29. The minimum absolute atomic E-state index is 0.158. The molecule has 1 heterocycles. The molecule has 0 aromatic carbocycles. The Morgan fingerprint density at radius 3 is 2.73 bits per heavy atom. The van der Waals surface area contributed by atoms with Crippen molar-refractivity contribution in [2.24, 2.45) is 5.92 Å². The van der Waals surface area contributed by atoms with Crippen LogP contribution in [0, 0.1) is 5.92 Å². The van der Waals surface area contributed by atoms with E-state index in [1.54, 1.807) is 4.90 Å². The van der Waals surface area contributed by atoms with Gasteiger partial charge in [0.15, 0.2) is 0 Å². The second-order valence-electron chi connectivity index (χ2n) is 4.09. The number of carboxylic acid groups (broad SMARTS) is 1. The highest BCUT2D eigenvalue weighted by molar-refractivity contribution is 5.66. The van der Waals surface area contributed by atoms with E-state index in [1.165, 1.54) is 0 Å². The van der Waals surface area contributed by atoms with Gasteiger partial charge in [0, 0.05) is 6.42 Å². The van der Waals surface area contributed by atoms with Crippen LogP contribution in [-0.4, -0.2) is 42.0 Å². The van der Waals surface area contributed by atoms with Gasteiger partial charge in [0.05, 0.1) is 6.54 Å². The molecule has 5 heteroatoms. The highest BCUT2D eigenvalue weighted by Crippen LogP contribution is 2.20. The summed E-state index contributed by atoms with van der Waals surface area (Å²) in [5.41, 5.74) is 0. The zero-order valence-corrected chi connectivity index (χ0v) is 8.66. The second-order valence-corrected chi connectivity index (χ2v) is 4.09. The minimum Gasteiger partial charge on any atom is -0.481 e. The molecule has 15 heavy (non-hydrogen) atoms. The number of carbonyl (C=O) groups is 1. The summed E-state index contributed by atoms with van der Waals surface area (Å²) in [7, 11) is 0. The van der Waals surface area contributed by atoms with E-state index in [-0.39, 0.29) is 18.9 Å². The number of nitrogens with zero attached hydrogens (tertiary/aromatic N) is 1. The van der Waals surface area contributed by atoms with Crippen molar-refractivity contribution in [3.8, 4) is 0 Å². The van der Waals surface area contributed by atoms with E-state index in [0.717, 1.165) is 19.3 Å². The molecule has 1 aliphatic rings. The molecule has 1 unspecified atom stereocenters. The molecule has 1 N–H and O–H groups in total. The summed E-state index contributed by atoms with van der Waals surface area (Å²) in [4.78, 5) is 12.2. The summed E-state index contributed by atoms with van der Waals surface area (Å²) < 4.78 is 24.2. The lowest BCUT2D eigenvalue weighted by Crippen LogP contribution is -2.30. The quantitative estimate of drug-likeness (QED) is 0.787. The largest absolute Gasteiger partial charge is 0.481 e. The molecular formula is C10H17F2NO2. The van der Waals surface area contributed by atoms with Crippen LogP contribution in [0.15, 0.2) is 0 Å². The van der Waals surface area contributed by atoms with Crippen molar-refractivity contribution in [1.82, 2.24) is 4.90 Å². The normalized spacial score (nSPS) is 24.1. The van der Waals surface area contributed by atoms with Gasteiger partial charge in [-0.15, -0.1) is 0 Å². The van der Waals surface area contributed by atoms with Gasteiger partial charge < -0.3 is 5.11 Å². The van der Waals surface area contributed by atoms with E-state index in [2.05, 4.69) is 0 Å². The van der Waals surface area contributed by atoms with Crippen LogP contribution in [0.1, 0.15) is 25.7 Å². The Kier molecular flexibility index (Phi) is 4.94. The van der Waals surface area contributed by atoms with Crippen LogP contribution in [0.5, 0.6) is 0 Å². The maximum atomic E-state index is 12.1. The van der Waals surface area contributed by atoms with Crippen LogP contribution in [0.4, 0.5) is 8.78 Å². The maximum Gasteiger partial charge on any atom is 0.303 e. The molecule has 1 rings (SSSR count). The van der Waals surface area contributed by atoms with Gasteiger partial charge in [-0.1, -0.05) is 0 Å². The lowest BCUT2D eigenvalue weighted by atomic mass is 9.97. The lowest BCUT2D eigenvalue weighted by molar-refractivity contribution is -0.138. The van der Waals surface area contributed by atoms with Crippen LogP contribution in [-0.2, 0) is 4.79 Å². The number of carboxylic acids is 1. The van der Waals surface area contributed by atoms with Gasteiger partial charge >= 0.3 is 5.97 Å². The molecule has 88 valence electrons. The number of hydrogen-bond acceptors (Lipinski definition) is 2. The summed E-state index contributed by atoms with van der Waals surface area (Å²) in [5, 5.41) is 8.64. The lowest BCUT2D eigenvalue weighted by Gasteiger charge is -2.19. The molecule has 1 atom stereocenters. The molecule has 0 amide bonds. The second kappa shape index (κ2) is 6.00. The smallest absolute Gasteiger partial charge is 0.303 e. The monoisotopic (exact) mass is 221 g/mol. The van der Waals surface area contributed by atoms with E-state index < -0.39 is 12.4 Å². The zero-order valence-electron chi connectivity index (χ0n) is 8.66. The Balaban J connectivity index is 2.31. The van der Waals surface area contributed by atoms with E-state index >= 15 is 0 Å². The number of halogens is 2. The Morgan fingerprint density at radius 1 is 1.40 bits per heavy atom. The summed E-state index contributed by atoms with van der Waals surface area (Å²) >= 11 is 0. The van der Waals surface area contributed by atoms with E-state index in [4.69, 9.17) is 5.11 Å². The van der Waals surface area contributed by atoms with Crippen molar-refractivity contribution in [2.75, 3.05) is 19.6 Å². The van der Waals surface area contributed by atoms with Crippen LogP contribution in [0.25, 0.3) is 0 Å². The van der Waals surface area contributed by atoms with Gasteiger partial charge in [0.1, 0.15) is 0 Å². The Bertz CT molecular complexity index is 212. The maximum absolute atomic E-state index is 12.1. The molecule has 3 nitrogen and oxygen atoms in total. The minimum atomic E-state index is -2.29. The van der Waals surface area contributed by atoms with Gasteiger partial charge in [-0.3, -0.25) is 9.69 Å². The van der Waals surface area contributed by atoms with Crippen molar-refractivity contribution in [2.45, 2.75) is 32.1 Å². The molecule has 1 saturated heterocycles. The number of hydrogen-bond donors (Lipinski definition) is 1. The summed E-state index contributed by atoms with van der Waals surface area (Å²) in [5.74, 6) is -0.632. The van der Waals surface area contributed by atoms with Crippen LogP contribution in [0.2, 0.25) is 0 Å². The topological polar surface area (TPSA) is 40.5 Å². The molecule has 0 spiro atoms. The van der Waals surface area contributed by atoms with E-state index in [9.17, 15) is 13.6 Å². The molecule has 0 aliphatic carbocycles. The van der Waals surface area contributed by atoms with Gasteiger partial charge in [-0.25, -0.2) is 8.78 Å². The van der Waals surface area contributed by atoms with Gasteiger partial charge in [-0.2, -0.15) is 0 Å². The fourth-order valence-corrected chi connectivity index (χ4v) is 2.05. The molecule has 0 radical (unpaired) electrons. The number of rotatable bonds is 4. The van der Waals surface area contributed by atoms with E-state index in [0.29, 0.717) is 13.1 Å². The first-order chi connectivity index (χ1) is 7.08. The standard InChI is InChI=1S/C10H17F2NO2/c11-9(12)7-13-4-1-2-8(3-5-13)6-10(14)15/h8-9H,1-7H2,(H,14,15). The first kappa shape index (κ1) is 12.4. The number of likely N-dealkylation sites (tertiary alicyclic amines) is 1. The van der Waals surface area contributed by atoms with Crippen LogP contribution >= 0.6 is 0 Å². The molecule has 0 aromatic rings. The first-order valence-corrected chi connectivity index (χ1v) is 5.30. The van der Waals surface area contributed by atoms with Crippen molar-refractivity contribution in [3.05, 3.63) is 0 Å². The van der Waals surface area contributed by atoms with Crippen molar-refractivity contribution < 1.29 is 18.7 Å². The Hall–Kier alpha value is -0.710. The first-order valence-electron chi connectivity index (χ1n) is 5.30. The van der Waals surface area contributed by atoms with Crippen molar-refractivity contribution in [3.63, 3.8) is 0 Å². The predicted molar refractivity (Wildman–Crippen MR) is 52.0 cm³/mol. The Morgan fingerprint density at radius 2 is 2.13 bits per heavy atom. The molecule has 0 bridgehead atoms. The summed E-state index contributed by atoms with van der Waals surface area (Å²) in [6.07, 6.45) is 0.263. The summed E-state index contributed by atoms with van der Waals surface area (Å²) in [6.45, 7) is 1.09. The number of alkyl halides is 2. The fourth-order valence-electron chi connectivity index (χ4n) is 2.05. The summed E-state index contributed by atoms with van der Waals surface area (Å²) in [6, 6.07) is 0. The molecule has 1 fully saturated rings. The van der Waals surface area contributed by atoms with E-state index in [1.807, 2.05) is 0 Å². The Labute approximate surface area is 88.1 Å². The van der Waals surface area contributed by atoms with Gasteiger partial charge in [0.25, 0.3) is 6.43 Å². The third kappa shape index (κ3) is 5.06. The van der Waals surface area contributed by atoms with Crippen molar-refractivity contribution >= 4 is 5.97 Å². The SMILES string of the molecule is O=C(O)CC1CCCN(CC(F)F)CC1. The van der Waals surface area contributed by atoms with Gasteiger partial charge in [-0.05, 0) is 38.3 Å². The number of aliphatic carboxylic acids is 1. The fraction of sp³-hybridized carbons (Fsp3) is 0.900. The van der Waals surface area contributed by atoms with Gasteiger partial charge in [0.2, 0.25) is 0 Å². The van der Waals surface area contributed by atoms with Crippen LogP contribution in [0.3, 0.4) is 0 Å². The highest BCUT2D eigenvalue weighted by Gasteiger charge is 2.20.